The van der Waals surface area contributed by atoms with Crippen LogP contribution in [-0.2, 0) is 0 Å². The fourth-order valence-corrected chi connectivity index (χ4v) is 2.46. The number of hydrogen-bond acceptors (Lipinski definition) is 3. The summed E-state index contributed by atoms with van der Waals surface area (Å²) in [6.45, 7) is 1.61. The summed E-state index contributed by atoms with van der Waals surface area (Å²) in [5, 5.41) is 0. The van der Waals surface area contributed by atoms with Gasteiger partial charge in [0.1, 0.15) is 0 Å². The van der Waals surface area contributed by atoms with Crippen molar-refractivity contribution in [1.82, 2.24) is 9.55 Å². The molecule has 1 N–H and O–H groups in total. The van der Waals surface area contributed by atoms with Crippen LogP contribution in [0.25, 0.3) is 5.70 Å². The van der Waals surface area contributed by atoms with Crippen molar-refractivity contribution < 1.29 is 4.79 Å². The van der Waals surface area contributed by atoms with Gasteiger partial charge < -0.3 is 0 Å². The fourth-order valence-electron chi connectivity index (χ4n) is 2.46. The highest BCUT2D eigenvalue weighted by atomic mass is 16.2. The minimum absolute atomic E-state index is 0.227. The quantitative estimate of drug-likeness (QED) is 0.590. The molecule has 124 valence electrons. The van der Waals surface area contributed by atoms with E-state index in [2.05, 4.69) is 4.98 Å². The number of aryl methyl sites for hydroxylation is 1. The average molecular weight is 332 g/mol. The Bertz CT molecular complexity index is 1050. The van der Waals surface area contributed by atoms with E-state index in [1.165, 1.54) is 16.8 Å². The van der Waals surface area contributed by atoms with E-state index in [4.69, 9.17) is 0 Å². The predicted molar refractivity (Wildman–Crippen MR) is 96.6 cm³/mol. The fraction of sp³-hybridized carbons (Fsp3) is 0.0500. The van der Waals surface area contributed by atoms with Crippen molar-refractivity contribution in [3.05, 3.63) is 110 Å². The number of rotatable bonds is 4. The lowest BCUT2D eigenvalue weighted by molar-refractivity contribution is 0.104. The number of benzene rings is 2. The lowest BCUT2D eigenvalue weighted by atomic mass is 10.1. The van der Waals surface area contributed by atoms with Crippen molar-refractivity contribution in [3.63, 3.8) is 0 Å². The maximum atomic E-state index is 12.6. The van der Waals surface area contributed by atoms with Gasteiger partial charge in [0.15, 0.2) is 5.78 Å². The van der Waals surface area contributed by atoms with Gasteiger partial charge in [-0.05, 0) is 12.5 Å². The van der Waals surface area contributed by atoms with Gasteiger partial charge in [0.2, 0.25) is 0 Å². The zero-order chi connectivity index (χ0) is 17.8. The molecule has 0 radical (unpaired) electrons. The maximum absolute atomic E-state index is 12.6. The number of carbonyl (C=O) groups is 1. The average Bonchev–Trinajstić information content (AvgIpc) is 2.64. The number of nitrogens with zero attached hydrogens (tertiary/aromatic N) is 1. The number of ketones is 1. The van der Waals surface area contributed by atoms with E-state index >= 15 is 0 Å². The molecule has 0 spiro atoms. The highest BCUT2D eigenvalue weighted by Gasteiger charge is 2.12. The summed E-state index contributed by atoms with van der Waals surface area (Å²) in [5.74, 6) is -0.227. The summed E-state index contributed by atoms with van der Waals surface area (Å²) in [5.41, 5.74) is 0.965. The standard InChI is InChI=1S/C20H16N2O3/c1-14-13-22(20(25)21-19(14)24)17(15-8-4-2-5-9-15)12-18(23)16-10-6-3-7-11-16/h2-13H,1H3,(H,21,24,25). The lowest BCUT2D eigenvalue weighted by Gasteiger charge is -2.11. The van der Waals surface area contributed by atoms with Crippen LogP contribution in [0.5, 0.6) is 0 Å². The molecule has 1 heterocycles. The molecular weight excluding hydrogens is 316 g/mol. The molecule has 1 aromatic heterocycles. The van der Waals surface area contributed by atoms with Gasteiger partial charge >= 0.3 is 5.69 Å². The third kappa shape index (κ3) is 3.55. The van der Waals surface area contributed by atoms with E-state index in [0.717, 1.165) is 0 Å². The van der Waals surface area contributed by atoms with Crippen LogP contribution >= 0.6 is 0 Å². The van der Waals surface area contributed by atoms with E-state index in [-0.39, 0.29) is 5.78 Å². The van der Waals surface area contributed by atoms with Gasteiger partial charge in [0, 0.05) is 23.4 Å². The molecule has 0 aliphatic heterocycles. The monoisotopic (exact) mass is 332 g/mol. The summed E-state index contributed by atoms with van der Waals surface area (Å²) in [6, 6.07) is 17.9. The van der Waals surface area contributed by atoms with Gasteiger partial charge in [-0.1, -0.05) is 60.7 Å². The molecule has 0 amide bonds. The molecule has 0 unspecified atom stereocenters. The van der Waals surface area contributed by atoms with Crippen molar-refractivity contribution in [2.24, 2.45) is 0 Å². The van der Waals surface area contributed by atoms with Crippen LogP contribution in [0.1, 0.15) is 21.5 Å². The molecule has 5 heteroatoms. The van der Waals surface area contributed by atoms with Crippen LogP contribution in [-0.4, -0.2) is 15.3 Å². The Morgan fingerprint density at radius 1 is 0.920 bits per heavy atom. The number of carbonyl (C=O) groups excluding carboxylic acids is 1. The number of hydrogen-bond donors (Lipinski definition) is 1. The van der Waals surface area contributed by atoms with Crippen molar-refractivity contribution in [3.8, 4) is 0 Å². The first-order valence-corrected chi connectivity index (χ1v) is 7.76. The topological polar surface area (TPSA) is 71.9 Å². The molecule has 5 nitrogen and oxygen atoms in total. The van der Waals surface area contributed by atoms with E-state index in [1.807, 2.05) is 24.3 Å². The van der Waals surface area contributed by atoms with Gasteiger partial charge in [-0.2, -0.15) is 0 Å². The Hall–Kier alpha value is -3.47. The van der Waals surface area contributed by atoms with Crippen LogP contribution in [0.2, 0.25) is 0 Å². The van der Waals surface area contributed by atoms with E-state index in [0.29, 0.717) is 22.4 Å². The third-order valence-electron chi connectivity index (χ3n) is 3.78. The third-order valence-corrected chi connectivity index (χ3v) is 3.78. The molecule has 0 atom stereocenters. The molecule has 0 aliphatic rings. The molecule has 2 aromatic carbocycles. The first-order chi connectivity index (χ1) is 12.1. The van der Waals surface area contributed by atoms with Crippen LogP contribution in [0.4, 0.5) is 0 Å². The second-order valence-electron chi connectivity index (χ2n) is 5.57. The summed E-state index contributed by atoms with van der Waals surface area (Å²) in [7, 11) is 0. The molecule has 3 aromatic rings. The number of allylic oxidation sites excluding steroid dienone is 1. The highest BCUT2D eigenvalue weighted by Crippen LogP contribution is 2.16. The Morgan fingerprint density at radius 2 is 1.48 bits per heavy atom. The predicted octanol–water partition coefficient (Wildman–Crippen LogP) is 2.62. The Balaban J connectivity index is 2.20. The first kappa shape index (κ1) is 16.4. The van der Waals surface area contributed by atoms with Crippen LogP contribution < -0.4 is 11.2 Å². The van der Waals surface area contributed by atoms with E-state index in [1.54, 1.807) is 43.3 Å². The normalized spacial score (nSPS) is 11.3. The second kappa shape index (κ2) is 6.97. The molecule has 0 bridgehead atoms. The molecule has 0 fully saturated rings. The molecular formula is C20H16N2O3. The minimum atomic E-state index is -0.591. The molecule has 0 aliphatic carbocycles. The number of H-pyrrole nitrogens is 1. The number of nitrogens with one attached hydrogen (secondary N) is 1. The first-order valence-electron chi connectivity index (χ1n) is 7.76. The zero-order valence-corrected chi connectivity index (χ0v) is 13.6. The number of aromatic nitrogens is 2. The minimum Gasteiger partial charge on any atom is -0.289 e. The lowest BCUT2D eigenvalue weighted by Crippen LogP contribution is -2.30. The van der Waals surface area contributed by atoms with Crippen molar-refractivity contribution in [2.45, 2.75) is 6.92 Å². The van der Waals surface area contributed by atoms with Crippen molar-refractivity contribution in [1.29, 1.82) is 0 Å². The van der Waals surface area contributed by atoms with Crippen LogP contribution in [0.15, 0.2) is 82.5 Å². The highest BCUT2D eigenvalue weighted by molar-refractivity contribution is 6.08. The SMILES string of the molecule is Cc1cn(C(=CC(=O)c2ccccc2)c2ccccc2)c(=O)[nH]c1=O. The van der Waals surface area contributed by atoms with Crippen LogP contribution in [0.3, 0.4) is 0 Å². The van der Waals surface area contributed by atoms with Crippen molar-refractivity contribution in [2.75, 3.05) is 0 Å². The molecule has 0 saturated heterocycles. The Morgan fingerprint density at radius 3 is 2.08 bits per heavy atom. The van der Waals surface area contributed by atoms with Gasteiger partial charge in [-0.15, -0.1) is 0 Å². The summed E-state index contributed by atoms with van der Waals surface area (Å²) >= 11 is 0. The van der Waals surface area contributed by atoms with Gasteiger partial charge in [-0.3, -0.25) is 19.1 Å². The second-order valence-corrected chi connectivity index (χ2v) is 5.57. The number of aromatic amines is 1. The molecule has 3 rings (SSSR count). The Labute approximate surface area is 143 Å². The van der Waals surface area contributed by atoms with E-state index in [9.17, 15) is 14.4 Å². The summed E-state index contributed by atoms with van der Waals surface area (Å²) in [6.07, 6.45) is 2.85. The smallest absolute Gasteiger partial charge is 0.289 e. The van der Waals surface area contributed by atoms with Crippen molar-refractivity contribution >= 4 is 11.5 Å². The van der Waals surface area contributed by atoms with E-state index < -0.39 is 11.2 Å². The summed E-state index contributed by atoms with van der Waals surface area (Å²) < 4.78 is 1.28. The van der Waals surface area contributed by atoms with Crippen LogP contribution in [0, 0.1) is 6.92 Å². The largest absolute Gasteiger partial charge is 0.332 e. The summed E-state index contributed by atoms with van der Waals surface area (Å²) in [4.78, 5) is 38.8. The van der Waals surface area contributed by atoms with Gasteiger partial charge in [0.05, 0.1) is 5.70 Å². The maximum Gasteiger partial charge on any atom is 0.332 e. The van der Waals surface area contributed by atoms with Gasteiger partial charge in [-0.25, -0.2) is 4.79 Å². The zero-order valence-electron chi connectivity index (χ0n) is 13.6. The Kier molecular flexibility index (Phi) is 4.57. The van der Waals surface area contributed by atoms with Gasteiger partial charge in [0.25, 0.3) is 5.56 Å². The molecule has 0 saturated carbocycles. The molecule has 25 heavy (non-hydrogen) atoms.